The van der Waals surface area contributed by atoms with Gasteiger partial charge in [0.2, 0.25) is 0 Å². The van der Waals surface area contributed by atoms with E-state index in [1.165, 1.54) is 10.8 Å². The van der Waals surface area contributed by atoms with Gasteiger partial charge in [0.15, 0.2) is 0 Å². The van der Waals surface area contributed by atoms with Gasteiger partial charge in [0.1, 0.15) is 5.82 Å². The summed E-state index contributed by atoms with van der Waals surface area (Å²) in [5.74, 6) is 1.99. The zero-order valence-corrected chi connectivity index (χ0v) is 40.3. The maximum atomic E-state index is 6.71. The minimum atomic E-state index is 0. The molecule has 10 aromatic carbocycles. The molecular formula is C64H40N5OPt-3. The van der Waals surface area contributed by atoms with Gasteiger partial charge >= 0.3 is 0 Å². The van der Waals surface area contributed by atoms with Crippen LogP contribution in [0.5, 0.6) is 11.5 Å². The van der Waals surface area contributed by atoms with Crippen LogP contribution < -0.4 is 14.5 Å². The van der Waals surface area contributed by atoms with Crippen LogP contribution in [0, 0.1) is 18.8 Å². The molecule has 6 nitrogen and oxygen atoms in total. The van der Waals surface area contributed by atoms with Crippen LogP contribution in [0.2, 0.25) is 0 Å². The van der Waals surface area contributed by atoms with E-state index in [0.717, 1.165) is 100 Å². The number of ether oxygens (including phenoxy) is 1. The van der Waals surface area contributed by atoms with Crippen LogP contribution in [0.4, 0.5) is 22.7 Å². The average Bonchev–Trinajstić information content (AvgIpc) is 4.10. The first kappa shape index (κ1) is 42.4. The van der Waals surface area contributed by atoms with Gasteiger partial charge in [-0.2, -0.15) is 12.1 Å². The fourth-order valence-corrected chi connectivity index (χ4v) is 10.6. The maximum Gasteiger partial charge on any atom is 0.135 e. The first-order valence-electron chi connectivity index (χ1n) is 23.5. The summed E-state index contributed by atoms with van der Waals surface area (Å²) in [6.07, 6.45) is 1.82. The Morgan fingerprint density at radius 3 is 1.66 bits per heavy atom. The van der Waals surface area contributed by atoms with E-state index >= 15 is 0 Å². The summed E-state index contributed by atoms with van der Waals surface area (Å²) in [4.78, 5) is 9.36. The molecule has 0 saturated carbocycles. The van der Waals surface area contributed by atoms with Crippen LogP contribution in [0.15, 0.2) is 237 Å². The van der Waals surface area contributed by atoms with Gasteiger partial charge in [0, 0.05) is 94.3 Å². The zero-order valence-electron chi connectivity index (χ0n) is 38.1. The van der Waals surface area contributed by atoms with Gasteiger partial charge in [-0.25, -0.2) is 4.98 Å². The number of hydrogen-bond acceptors (Lipinski definition) is 4. The summed E-state index contributed by atoms with van der Waals surface area (Å²) in [6.45, 7) is 2.23. The van der Waals surface area contributed by atoms with Crippen LogP contribution in [0.3, 0.4) is 0 Å². The van der Waals surface area contributed by atoms with Gasteiger partial charge in [-0.05, 0) is 70.4 Å². The molecule has 3 aromatic heterocycles. The fraction of sp³-hybridized carbons (Fsp3) is 0. The first-order chi connectivity index (χ1) is 34.7. The Kier molecular flexibility index (Phi) is 10.4. The Hall–Kier alpha value is -8.70. The molecule has 340 valence electrons. The van der Waals surface area contributed by atoms with E-state index < -0.39 is 0 Å². The summed E-state index contributed by atoms with van der Waals surface area (Å²) < 4.78 is 11.3. The molecule has 0 saturated heterocycles. The number of nitrogens with zero attached hydrogens (tertiary/aromatic N) is 5. The number of fused-ring (bicyclic) bond motifs is 9. The predicted molar refractivity (Wildman–Crippen MR) is 287 cm³/mol. The topological polar surface area (TPSA) is 38.5 Å². The number of rotatable bonds is 8. The van der Waals surface area contributed by atoms with Crippen molar-refractivity contribution in [3.8, 4) is 45.3 Å². The number of para-hydroxylation sites is 3. The second kappa shape index (κ2) is 17.4. The minimum absolute atomic E-state index is 0. The summed E-state index contributed by atoms with van der Waals surface area (Å²) in [5, 5.41) is 6.95. The molecule has 0 fully saturated rings. The number of anilines is 4. The van der Waals surface area contributed by atoms with Crippen molar-refractivity contribution in [1.82, 2.24) is 14.1 Å². The maximum absolute atomic E-state index is 6.71. The summed E-state index contributed by atoms with van der Waals surface area (Å²) in [7, 11) is 0. The third kappa shape index (κ3) is 7.01. The summed E-state index contributed by atoms with van der Waals surface area (Å²) in [6, 6.07) is 88.7. The number of pyridine rings is 1. The fourth-order valence-electron chi connectivity index (χ4n) is 10.6. The van der Waals surface area contributed by atoms with Crippen LogP contribution in [-0.2, 0) is 21.1 Å². The van der Waals surface area contributed by atoms with Gasteiger partial charge in [0.25, 0.3) is 0 Å². The SMILES string of the molecule is [Pt].[c-]1c(Oc2[c-]c3c(cc2)c2ccccc2n3-c2ccccn2)cccc1N1[CH-]N(c2c(-c3ccccc3)cc(-n3c4ccccc4c4ccccc43)cc2-c2ccccc2)c2c1ccc1ccccc21. The summed E-state index contributed by atoms with van der Waals surface area (Å²) >= 11 is 0. The van der Waals surface area contributed by atoms with Crippen molar-refractivity contribution in [2.75, 3.05) is 9.80 Å². The molecule has 13 aromatic rings. The Labute approximate surface area is 425 Å². The molecule has 0 unspecified atom stereocenters. The number of benzene rings is 10. The van der Waals surface area contributed by atoms with Gasteiger partial charge in [-0.1, -0.05) is 157 Å². The average molecular weight is 1090 g/mol. The van der Waals surface area contributed by atoms with Crippen molar-refractivity contribution >= 4 is 77.1 Å². The molecule has 14 rings (SSSR count). The number of aromatic nitrogens is 3. The largest absolute Gasteiger partial charge is 0.509 e. The van der Waals surface area contributed by atoms with Crippen LogP contribution in [0.1, 0.15) is 0 Å². The van der Waals surface area contributed by atoms with Gasteiger partial charge < -0.3 is 23.7 Å². The van der Waals surface area contributed by atoms with E-state index in [4.69, 9.17) is 9.72 Å². The van der Waals surface area contributed by atoms with Crippen molar-refractivity contribution < 1.29 is 25.8 Å². The molecule has 1 aliphatic heterocycles. The predicted octanol–water partition coefficient (Wildman–Crippen LogP) is 16.6. The normalized spacial score (nSPS) is 12.3. The van der Waals surface area contributed by atoms with Crippen LogP contribution >= 0.6 is 0 Å². The quantitative estimate of drug-likeness (QED) is 0.142. The second-order valence-corrected chi connectivity index (χ2v) is 17.6. The molecule has 7 heteroatoms. The molecule has 71 heavy (non-hydrogen) atoms. The minimum Gasteiger partial charge on any atom is -0.509 e. The molecule has 1 aliphatic rings. The molecule has 4 heterocycles. The van der Waals surface area contributed by atoms with Gasteiger partial charge in [-0.15, -0.1) is 48.1 Å². The monoisotopic (exact) mass is 1090 g/mol. The Morgan fingerprint density at radius 2 is 1.00 bits per heavy atom. The molecule has 0 bridgehead atoms. The van der Waals surface area contributed by atoms with E-state index in [0.29, 0.717) is 11.5 Å². The number of hydrogen-bond donors (Lipinski definition) is 0. The smallest absolute Gasteiger partial charge is 0.135 e. The molecule has 0 spiro atoms. The zero-order chi connectivity index (χ0) is 46.1. The molecule has 0 aliphatic carbocycles. The van der Waals surface area contributed by atoms with Crippen molar-refractivity contribution in [3.05, 3.63) is 256 Å². The van der Waals surface area contributed by atoms with Crippen molar-refractivity contribution in [2.45, 2.75) is 0 Å². The first-order valence-corrected chi connectivity index (χ1v) is 23.5. The van der Waals surface area contributed by atoms with E-state index in [-0.39, 0.29) is 21.1 Å². The summed E-state index contributed by atoms with van der Waals surface area (Å²) in [5.41, 5.74) is 13.8. The van der Waals surface area contributed by atoms with Crippen molar-refractivity contribution in [3.63, 3.8) is 0 Å². The molecule has 0 N–H and O–H groups in total. The van der Waals surface area contributed by atoms with Crippen LogP contribution in [-0.4, -0.2) is 14.1 Å². The third-order valence-corrected chi connectivity index (χ3v) is 13.6. The second-order valence-electron chi connectivity index (χ2n) is 17.6. The van der Waals surface area contributed by atoms with E-state index in [1.807, 2.05) is 42.6 Å². The molecule has 0 atom stereocenters. The van der Waals surface area contributed by atoms with Gasteiger partial charge in [-0.3, -0.25) is 0 Å². The van der Waals surface area contributed by atoms with E-state index in [1.54, 1.807) is 0 Å². The van der Waals surface area contributed by atoms with E-state index in [2.05, 4.69) is 232 Å². The standard InChI is InChI=1S/C64H40N5O.Pt/c1-3-18-43(19-4-1)55-39-47(68-57-29-12-9-26-51(57)52-27-10-13-30-58(52)68)40-56(44-20-5-2-6-21-44)63(55)67-42-66(60-36-33-45-22-7-8-25-50(45)64(60)67)46-23-17-24-48(38-46)70-49-34-35-54-53-28-11-14-31-59(53)69(61(54)41-49)62-32-15-16-37-65-62;/h1-37,39-40,42H;/q-3;. The third-order valence-electron chi connectivity index (χ3n) is 13.6. The molecule has 0 amide bonds. The van der Waals surface area contributed by atoms with E-state index in [9.17, 15) is 0 Å². The van der Waals surface area contributed by atoms with Gasteiger partial charge in [0.05, 0.1) is 11.0 Å². The van der Waals surface area contributed by atoms with Crippen LogP contribution in [0.25, 0.3) is 88.1 Å². The Morgan fingerprint density at radius 1 is 0.423 bits per heavy atom. The molecular weight excluding hydrogens is 1050 g/mol. The van der Waals surface area contributed by atoms with Crippen molar-refractivity contribution in [2.24, 2.45) is 0 Å². The Bertz CT molecular complexity index is 4030. The molecule has 0 radical (unpaired) electrons. The Balaban J connectivity index is 0.00000492. The van der Waals surface area contributed by atoms with Crippen molar-refractivity contribution in [1.29, 1.82) is 0 Å².